The van der Waals surface area contributed by atoms with E-state index in [0.29, 0.717) is 12.8 Å². The number of carbonyl (C=O) groups is 3. The van der Waals surface area contributed by atoms with E-state index < -0.39 is 17.9 Å². The second-order valence-corrected chi connectivity index (χ2v) is 3.58. The Balaban J connectivity index is 2.17. The molecule has 1 aliphatic rings. The summed E-state index contributed by atoms with van der Waals surface area (Å²) in [5.74, 6) is -1.98. The quantitative estimate of drug-likeness (QED) is 0.502. The Labute approximate surface area is 86.8 Å². The van der Waals surface area contributed by atoms with Gasteiger partial charge in [-0.3, -0.25) is 14.4 Å². The summed E-state index contributed by atoms with van der Waals surface area (Å²) in [5.41, 5.74) is 5.23. The van der Waals surface area contributed by atoms with Crippen LogP contribution in [0.3, 0.4) is 0 Å². The number of aliphatic carboxylic acids is 1. The Morgan fingerprint density at radius 1 is 1.60 bits per heavy atom. The minimum absolute atomic E-state index is 0.0463. The number of amides is 1. The van der Waals surface area contributed by atoms with Crippen molar-refractivity contribution in [2.24, 2.45) is 11.7 Å². The van der Waals surface area contributed by atoms with Crippen molar-refractivity contribution in [2.45, 2.75) is 25.3 Å². The molecule has 0 unspecified atom stereocenters. The average molecular weight is 214 g/mol. The number of nitrogens with one attached hydrogen (secondary N) is 1. The van der Waals surface area contributed by atoms with E-state index in [2.05, 4.69) is 5.32 Å². The van der Waals surface area contributed by atoms with Crippen LogP contribution in [0.15, 0.2) is 0 Å². The van der Waals surface area contributed by atoms with Gasteiger partial charge in [-0.15, -0.1) is 0 Å². The lowest BCUT2D eigenvalue weighted by molar-refractivity contribution is -0.141. The first kappa shape index (κ1) is 11.6. The molecular weight excluding hydrogens is 200 g/mol. The number of ketones is 1. The van der Waals surface area contributed by atoms with Crippen molar-refractivity contribution in [3.63, 3.8) is 0 Å². The standard InChI is InChI=1S/C9H14N2O4/c10-6(9(14)15)3-4-11-8(13)5-1-2-7(5)12/h5-6H,1-4,10H2,(H,11,13)(H,14,15)/t5-,6-/m0/s1. The van der Waals surface area contributed by atoms with Gasteiger partial charge in [0.05, 0.1) is 5.92 Å². The summed E-state index contributed by atoms with van der Waals surface area (Å²) < 4.78 is 0. The largest absolute Gasteiger partial charge is 0.480 e. The van der Waals surface area contributed by atoms with Crippen LogP contribution in [-0.2, 0) is 14.4 Å². The molecule has 1 saturated carbocycles. The van der Waals surface area contributed by atoms with Gasteiger partial charge < -0.3 is 16.2 Å². The second-order valence-electron chi connectivity index (χ2n) is 3.58. The Hall–Kier alpha value is -1.43. The molecule has 6 heteroatoms. The predicted octanol–water partition coefficient (Wildman–Crippen LogP) is -1.12. The maximum atomic E-state index is 11.3. The van der Waals surface area contributed by atoms with Crippen LogP contribution >= 0.6 is 0 Å². The number of hydrogen-bond donors (Lipinski definition) is 3. The highest BCUT2D eigenvalue weighted by Crippen LogP contribution is 2.21. The molecule has 0 saturated heterocycles. The first-order valence-corrected chi connectivity index (χ1v) is 4.81. The van der Waals surface area contributed by atoms with Crippen LogP contribution in [0, 0.1) is 5.92 Å². The fraction of sp³-hybridized carbons (Fsp3) is 0.667. The molecule has 0 bridgehead atoms. The molecule has 0 heterocycles. The van der Waals surface area contributed by atoms with Crippen molar-refractivity contribution in [1.82, 2.24) is 5.32 Å². The first-order valence-electron chi connectivity index (χ1n) is 4.81. The highest BCUT2D eigenvalue weighted by molar-refractivity contribution is 6.05. The molecule has 15 heavy (non-hydrogen) atoms. The minimum Gasteiger partial charge on any atom is -0.480 e. The number of Topliss-reactive ketones (excluding diaryl/α,β-unsaturated/α-hetero) is 1. The zero-order valence-corrected chi connectivity index (χ0v) is 8.23. The highest BCUT2D eigenvalue weighted by Gasteiger charge is 2.34. The molecule has 0 aromatic carbocycles. The number of carboxylic acid groups (broad SMARTS) is 1. The zero-order valence-electron chi connectivity index (χ0n) is 8.23. The van der Waals surface area contributed by atoms with Crippen molar-refractivity contribution >= 4 is 17.7 Å². The van der Waals surface area contributed by atoms with Gasteiger partial charge in [0.25, 0.3) is 0 Å². The van der Waals surface area contributed by atoms with Crippen molar-refractivity contribution in [2.75, 3.05) is 6.54 Å². The van der Waals surface area contributed by atoms with Crippen molar-refractivity contribution in [3.05, 3.63) is 0 Å². The summed E-state index contributed by atoms with van der Waals surface area (Å²) in [6.07, 6.45) is 1.23. The molecule has 0 aromatic rings. The van der Waals surface area contributed by atoms with Crippen LogP contribution in [0.5, 0.6) is 0 Å². The Morgan fingerprint density at radius 3 is 2.67 bits per heavy atom. The van der Waals surface area contributed by atoms with Crippen molar-refractivity contribution in [1.29, 1.82) is 0 Å². The van der Waals surface area contributed by atoms with E-state index in [4.69, 9.17) is 10.8 Å². The SMILES string of the molecule is N[C@@H](CCNC(=O)[C@H]1CCC1=O)C(=O)O. The van der Waals surface area contributed by atoms with Gasteiger partial charge in [-0.05, 0) is 12.8 Å². The van der Waals surface area contributed by atoms with Crippen LogP contribution in [0.1, 0.15) is 19.3 Å². The number of carboxylic acids is 1. The molecule has 84 valence electrons. The second kappa shape index (κ2) is 4.88. The van der Waals surface area contributed by atoms with Crippen LogP contribution in [0.4, 0.5) is 0 Å². The van der Waals surface area contributed by atoms with Gasteiger partial charge in [-0.25, -0.2) is 0 Å². The summed E-state index contributed by atoms with van der Waals surface area (Å²) in [6.45, 7) is 0.191. The minimum atomic E-state index is -1.09. The molecule has 0 aliphatic heterocycles. The summed E-state index contributed by atoms with van der Waals surface area (Å²) >= 11 is 0. The molecular formula is C9H14N2O4. The van der Waals surface area contributed by atoms with E-state index in [1.807, 2.05) is 0 Å². The summed E-state index contributed by atoms with van der Waals surface area (Å²) in [4.78, 5) is 32.5. The zero-order chi connectivity index (χ0) is 11.4. The molecule has 0 spiro atoms. The number of rotatable bonds is 5. The Bertz CT molecular complexity index is 290. The lowest BCUT2D eigenvalue weighted by atomic mass is 9.83. The van der Waals surface area contributed by atoms with E-state index in [0.717, 1.165) is 0 Å². The molecule has 0 aromatic heterocycles. The van der Waals surface area contributed by atoms with E-state index in [1.54, 1.807) is 0 Å². The van der Waals surface area contributed by atoms with Gasteiger partial charge in [-0.1, -0.05) is 0 Å². The monoisotopic (exact) mass is 214 g/mol. The van der Waals surface area contributed by atoms with Gasteiger partial charge in [0, 0.05) is 13.0 Å². The molecule has 6 nitrogen and oxygen atoms in total. The third-order valence-electron chi connectivity index (χ3n) is 2.46. The Morgan fingerprint density at radius 2 is 2.27 bits per heavy atom. The summed E-state index contributed by atoms with van der Waals surface area (Å²) in [6, 6.07) is -0.970. The molecule has 0 radical (unpaired) electrons. The third-order valence-corrected chi connectivity index (χ3v) is 2.46. The lowest BCUT2D eigenvalue weighted by Crippen LogP contribution is -2.43. The van der Waals surface area contributed by atoms with Gasteiger partial charge in [-0.2, -0.15) is 0 Å². The summed E-state index contributed by atoms with van der Waals surface area (Å²) in [7, 11) is 0. The normalized spacial score (nSPS) is 21.7. The van der Waals surface area contributed by atoms with E-state index in [-0.39, 0.29) is 24.7 Å². The molecule has 2 atom stereocenters. The van der Waals surface area contributed by atoms with Gasteiger partial charge in [0.2, 0.25) is 5.91 Å². The molecule has 4 N–H and O–H groups in total. The van der Waals surface area contributed by atoms with Gasteiger partial charge in [0.1, 0.15) is 11.8 Å². The predicted molar refractivity (Wildman–Crippen MR) is 51.0 cm³/mol. The fourth-order valence-electron chi connectivity index (χ4n) is 1.28. The number of carbonyl (C=O) groups excluding carboxylic acids is 2. The summed E-state index contributed by atoms with van der Waals surface area (Å²) in [5, 5.41) is 11.0. The van der Waals surface area contributed by atoms with Gasteiger partial charge in [0.15, 0.2) is 0 Å². The Kier molecular flexibility index (Phi) is 3.79. The van der Waals surface area contributed by atoms with Crippen LogP contribution in [-0.4, -0.2) is 35.4 Å². The third kappa shape index (κ3) is 3.02. The van der Waals surface area contributed by atoms with Crippen molar-refractivity contribution in [3.8, 4) is 0 Å². The molecule has 1 amide bonds. The molecule has 1 rings (SSSR count). The molecule has 1 aliphatic carbocycles. The number of hydrogen-bond acceptors (Lipinski definition) is 4. The van der Waals surface area contributed by atoms with Crippen molar-refractivity contribution < 1.29 is 19.5 Å². The fourth-order valence-corrected chi connectivity index (χ4v) is 1.28. The molecule has 1 fully saturated rings. The highest BCUT2D eigenvalue weighted by atomic mass is 16.4. The van der Waals surface area contributed by atoms with E-state index in [1.165, 1.54) is 0 Å². The maximum Gasteiger partial charge on any atom is 0.320 e. The van der Waals surface area contributed by atoms with Crippen LogP contribution < -0.4 is 11.1 Å². The van der Waals surface area contributed by atoms with Crippen LogP contribution in [0.25, 0.3) is 0 Å². The smallest absolute Gasteiger partial charge is 0.320 e. The lowest BCUT2D eigenvalue weighted by Gasteiger charge is -2.22. The van der Waals surface area contributed by atoms with Gasteiger partial charge >= 0.3 is 5.97 Å². The first-order chi connectivity index (χ1) is 7.02. The van der Waals surface area contributed by atoms with E-state index in [9.17, 15) is 14.4 Å². The van der Waals surface area contributed by atoms with Crippen LogP contribution in [0.2, 0.25) is 0 Å². The average Bonchev–Trinajstić information content (AvgIpc) is 2.15. The number of nitrogens with two attached hydrogens (primary N) is 1. The topological polar surface area (TPSA) is 109 Å². The van der Waals surface area contributed by atoms with E-state index >= 15 is 0 Å². The maximum absolute atomic E-state index is 11.3.